The maximum atomic E-state index is 12.7. The van der Waals surface area contributed by atoms with Gasteiger partial charge in [0.05, 0.1) is 12.2 Å². The van der Waals surface area contributed by atoms with Crippen molar-refractivity contribution in [2.45, 2.75) is 25.4 Å². The van der Waals surface area contributed by atoms with E-state index in [1.807, 2.05) is 6.07 Å². The van der Waals surface area contributed by atoms with Crippen LogP contribution in [-0.4, -0.2) is 47.7 Å². The van der Waals surface area contributed by atoms with Crippen LogP contribution in [0.5, 0.6) is 5.75 Å². The third kappa shape index (κ3) is 2.66. The van der Waals surface area contributed by atoms with E-state index >= 15 is 0 Å². The van der Waals surface area contributed by atoms with Gasteiger partial charge in [0.2, 0.25) is 6.10 Å². The van der Waals surface area contributed by atoms with E-state index in [1.54, 1.807) is 23.1 Å². The number of carbonyl (C=O) groups excluding carboxylic acids is 1. The Kier molecular flexibility index (Phi) is 3.68. The summed E-state index contributed by atoms with van der Waals surface area (Å²) in [6, 6.07) is 6.94. The SMILES string of the molecule is O=C(O)C1CN(C(=O)N2CCCCC2)c2ccccc2O1. The highest BCUT2D eigenvalue weighted by atomic mass is 16.5. The van der Waals surface area contributed by atoms with E-state index in [2.05, 4.69) is 0 Å². The molecule has 0 radical (unpaired) electrons. The molecule has 0 aromatic heterocycles. The molecule has 21 heavy (non-hydrogen) atoms. The summed E-state index contributed by atoms with van der Waals surface area (Å²) in [6.07, 6.45) is 2.12. The topological polar surface area (TPSA) is 70.1 Å². The summed E-state index contributed by atoms with van der Waals surface area (Å²) in [5.41, 5.74) is 0.644. The summed E-state index contributed by atoms with van der Waals surface area (Å²) in [6.45, 7) is 1.51. The summed E-state index contributed by atoms with van der Waals surface area (Å²) in [5.74, 6) is -0.609. The Morgan fingerprint density at radius 2 is 1.86 bits per heavy atom. The Bertz CT molecular complexity index is 554. The number of fused-ring (bicyclic) bond motifs is 1. The Morgan fingerprint density at radius 1 is 1.14 bits per heavy atom. The molecule has 2 aliphatic rings. The maximum absolute atomic E-state index is 12.7. The van der Waals surface area contributed by atoms with E-state index in [0.717, 1.165) is 32.4 Å². The Labute approximate surface area is 122 Å². The molecule has 0 aliphatic carbocycles. The fraction of sp³-hybridized carbons (Fsp3) is 0.467. The van der Waals surface area contributed by atoms with Crippen molar-refractivity contribution in [1.82, 2.24) is 4.90 Å². The van der Waals surface area contributed by atoms with Gasteiger partial charge in [0, 0.05) is 13.1 Å². The lowest BCUT2D eigenvalue weighted by Crippen LogP contribution is -2.52. The van der Waals surface area contributed by atoms with Gasteiger partial charge in [-0.1, -0.05) is 12.1 Å². The van der Waals surface area contributed by atoms with Crippen molar-refractivity contribution in [2.24, 2.45) is 0 Å². The fourth-order valence-electron chi connectivity index (χ4n) is 2.80. The minimum absolute atomic E-state index is 0.0433. The van der Waals surface area contributed by atoms with E-state index < -0.39 is 12.1 Å². The zero-order chi connectivity index (χ0) is 14.8. The van der Waals surface area contributed by atoms with Gasteiger partial charge in [-0.2, -0.15) is 0 Å². The molecule has 2 heterocycles. The summed E-state index contributed by atoms with van der Waals surface area (Å²) in [7, 11) is 0. The lowest BCUT2D eigenvalue weighted by atomic mass is 10.1. The van der Waals surface area contributed by atoms with Crippen LogP contribution in [0.1, 0.15) is 19.3 Å². The number of carbonyl (C=O) groups is 2. The van der Waals surface area contributed by atoms with E-state index in [1.165, 1.54) is 4.90 Å². The number of piperidine rings is 1. The van der Waals surface area contributed by atoms with Gasteiger partial charge in [-0.05, 0) is 31.4 Å². The van der Waals surface area contributed by atoms with Crippen LogP contribution < -0.4 is 9.64 Å². The normalized spacial score (nSPS) is 21.4. The van der Waals surface area contributed by atoms with E-state index in [-0.39, 0.29) is 12.6 Å². The van der Waals surface area contributed by atoms with Crippen LogP contribution in [-0.2, 0) is 4.79 Å². The van der Waals surface area contributed by atoms with Gasteiger partial charge in [0.15, 0.2) is 0 Å². The fourth-order valence-corrected chi connectivity index (χ4v) is 2.80. The van der Waals surface area contributed by atoms with Crippen LogP contribution in [0.15, 0.2) is 24.3 Å². The van der Waals surface area contributed by atoms with Crippen molar-refractivity contribution >= 4 is 17.7 Å². The Balaban J connectivity index is 1.88. The van der Waals surface area contributed by atoms with Crippen molar-refractivity contribution in [2.75, 3.05) is 24.5 Å². The molecule has 1 aromatic carbocycles. The van der Waals surface area contributed by atoms with Crippen LogP contribution in [0.2, 0.25) is 0 Å². The molecule has 112 valence electrons. The number of anilines is 1. The molecule has 1 saturated heterocycles. The minimum Gasteiger partial charge on any atom is -0.478 e. The van der Waals surface area contributed by atoms with Crippen molar-refractivity contribution in [3.63, 3.8) is 0 Å². The highest BCUT2D eigenvalue weighted by Crippen LogP contribution is 2.34. The molecule has 2 amide bonds. The number of carboxylic acid groups (broad SMARTS) is 1. The molecule has 0 saturated carbocycles. The summed E-state index contributed by atoms with van der Waals surface area (Å²) in [5, 5.41) is 9.20. The van der Waals surface area contributed by atoms with Crippen molar-refractivity contribution in [1.29, 1.82) is 0 Å². The number of carboxylic acids is 1. The zero-order valence-corrected chi connectivity index (χ0v) is 11.7. The average Bonchev–Trinajstić information content (AvgIpc) is 2.54. The molecule has 6 nitrogen and oxygen atoms in total. The van der Waals surface area contributed by atoms with E-state index in [4.69, 9.17) is 4.74 Å². The molecule has 1 unspecified atom stereocenters. The van der Waals surface area contributed by atoms with Crippen molar-refractivity contribution < 1.29 is 19.4 Å². The predicted molar refractivity (Wildman–Crippen MR) is 76.7 cm³/mol. The largest absolute Gasteiger partial charge is 0.478 e. The number of hydrogen-bond acceptors (Lipinski definition) is 3. The van der Waals surface area contributed by atoms with Gasteiger partial charge < -0.3 is 14.7 Å². The van der Waals surface area contributed by atoms with Crippen LogP contribution in [0.3, 0.4) is 0 Å². The van der Waals surface area contributed by atoms with Crippen LogP contribution in [0, 0.1) is 0 Å². The van der Waals surface area contributed by atoms with Crippen LogP contribution >= 0.6 is 0 Å². The summed E-state index contributed by atoms with van der Waals surface area (Å²) in [4.78, 5) is 27.2. The monoisotopic (exact) mass is 290 g/mol. The van der Waals surface area contributed by atoms with Gasteiger partial charge >= 0.3 is 12.0 Å². The Hall–Kier alpha value is -2.24. The van der Waals surface area contributed by atoms with Crippen LogP contribution in [0.4, 0.5) is 10.5 Å². The van der Waals surface area contributed by atoms with Crippen molar-refractivity contribution in [3.05, 3.63) is 24.3 Å². The number of nitrogens with zero attached hydrogens (tertiary/aromatic N) is 2. The average molecular weight is 290 g/mol. The second-order valence-electron chi connectivity index (χ2n) is 5.35. The predicted octanol–water partition coefficient (Wildman–Crippen LogP) is 1.94. The van der Waals surface area contributed by atoms with E-state index in [0.29, 0.717) is 11.4 Å². The molecular weight excluding hydrogens is 272 g/mol. The molecule has 1 atom stereocenters. The molecule has 6 heteroatoms. The molecule has 0 bridgehead atoms. The Morgan fingerprint density at radius 3 is 2.57 bits per heavy atom. The number of benzene rings is 1. The maximum Gasteiger partial charge on any atom is 0.346 e. The van der Waals surface area contributed by atoms with Gasteiger partial charge in [-0.3, -0.25) is 4.90 Å². The third-order valence-corrected chi connectivity index (χ3v) is 3.91. The zero-order valence-electron chi connectivity index (χ0n) is 11.7. The lowest BCUT2D eigenvalue weighted by molar-refractivity contribution is -0.144. The first-order valence-electron chi connectivity index (χ1n) is 7.22. The quantitative estimate of drug-likeness (QED) is 0.858. The third-order valence-electron chi connectivity index (χ3n) is 3.91. The number of para-hydroxylation sites is 2. The molecule has 3 rings (SSSR count). The number of hydrogen-bond donors (Lipinski definition) is 1. The second kappa shape index (κ2) is 5.63. The van der Waals surface area contributed by atoms with Crippen molar-refractivity contribution in [3.8, 4) is 5.75 Å². The summed E-state index contributed by atoms with van der Waals surface area (Å²) >= 11 is 0. The first-order valence-corrected chi connectivity index (χ1v) is 7.22. The van der Waals surface area contributed by atoms with Gasteiger partial charge in [-0.15, -0.1) is 0 Å². The standard InChI is InChI=1S/C15H18N2O4/c18-14(19)13-10-17(11-6-2-3-7-12(11)21-13)15(20)16-8-4-1-5-9-16/h2-3,6-7,13H,1,4-5,8-10H2,(H,18,19). The number of ether oxygens (including phenoxy) is 1. The van der Waals surface area contributed by atoms with Crippen LogP contribution in [0.25, 0.3) is 0 Å². The number of likely N-dealkylation sites (tertiary alicyclic amines) is 1. The minimum atomic E-state index is -1.05. The first-order chi connectivity index (χ1) is 10.2. The highest BCUT2D eigenvalue weighted by Gasteiger charge is 2.35. The number of urea groups is 1. The van der Waals surface area contributed by atoms with Gasteiger partial charge in [0.25, 0.3) is 0 Å². The molecule has 0 spiro atoms. The second-order valence-corrected chi connectivity index (χ2v) is 5.35. The van der Waals surface area contributed by atoms with Gasteiger partial charge in [0.1, 0.15) is 5.75 Å². The van der Waals surface area contributed by atoms with Gasteiger partial charge in [-0.25, -0.2) is 9.59 Å². The smallest absolute Gasteiger partial charge is 0.346 e. The lowest BCUT2D eigenvalue weighted by Gasteiger charge is -2.37. The molecule has 1 fully saturated rings. The van der Waals surface area contributed by atoms with E-state index in [9.17, 15) is 14.7 Å². The molecular formula is C15H18N2O4. The number of amides is 2. The highest BCUT2D eigenvalue weighted by molar-refractivity contribution is 5.95. The first kappa shape index (κ1) is 13.7. The number of rotatable bonds is 1. The number of aliphatic carboxylic acids is 1. The molecule has 2 aliphatic heterocycles. The molecule has 1 N–H and O–H groups in total. The molecule has 1 aromatic rings. The summed E-state index contributed by atoms with van der Waals surface area (Å²) < 4.78 is 5.45.